The van der Waals surface area contributed by atoms with Crippen LogP contribution in [0.3, 0.4) is 0 Å². The van der Waals surface area contributed by atoms with E-state index in [1.54, 1.807) is 25.2 Å². The Kier molecular flexibility index (Phi) is 4.28. The Morgan fingerprint density at radius 1 is 1.29 bits per heavy atom. The number of halogens is 2. The number of rotatable bonds is 3. The lowest BCUT2D eigenvalue weighted by Crippen LogP contribution is -2.31. The number of nitrogens with zero attached hydrogens (tertiary/aromatic N) is 1. The molecule has 1 aliphatic rings. The zero-order valence-electron chi connectivity index (χ0n) is 12.9. The number of amides is 1. The lowest BCUT2D eigenvalue weighted by Gasteiger charge is -2.26. The third-order valence-corrected chi connectivity index (χ3v) is 4.72. The number of fused-ring (bicyclic) bond motifs is 1. The van der Waals surface area contributed by atoms with Gasteiger partial charge in [0.2, 0.25) is 0 Å². The average Bonchev–Trinajstić information content (AvgIpc) is 2.96. The molecule has 0 heterocycles. The van der Waals surface area contributed by atoms with Crippen LogP contribution >= 0.6 is 11.6 Å². The smallest absolute Gasteiger partial charge is 0.335 e. The summed E-state index contributed by atoms with van der Waals surface area (Å²) in [5, 5.41) is 9.21. The second-order valence-electron chi connectivity index (χ2n) is 5.79. The summed E-state index contributed by atoms with van der Waals surface area (Å²) in [6, 6.07) is 8.71. The highest BCUT2D eigenvalue weighted by Crippen LogP contribution is 2.37. The second-order valence-corrected chi connectivity index (χ2v) is 6.19. The molecule has 1 atom stereocenters. The molecule has 2 aromatic rings. The van der Waals surface area contributed by atoms with E-state index in [-0.39, 0.29) is 22.2 Å². The van der Waals surface area contributed by atoms with E-state index in [4.69, 9.17) is 16.7 Å². The topological polar surface area (TPSA) is 57.6 Å². The van der Waals surface area contributed by atoms with Crippen molar-refractivity contribution in [2.24, 2.45) is 0 Å². The first kappa shape index (κ1) is 16.5. The first-order chi connectivity index (χ1) is 11.4. The first-order valence-corrected chi connectivity index (χ1v) is 7.85. The minimum atomic E-state index is -1.02. The summed E-state index contributed by atoms with van der Waals surface area (Å²) in [7, 11) is 1.58. The van der Waals surface area contributed by atoms with Gasteiger partial charge in [0.15, 0.2) is 0 Å². The van der Waals surface area contributed by atoms with E-state index in [1.165, 1.54) is 23.1 Å². The van der Waals surface area contributed by atoms with Gasteiger partial charge in [0.25, 0.3) is 5.91 Å². The molecular weight excluding hydrogens is 333 g/mol. The summed E-state index contributed by atoms with van der Waals surface area (Å²) in [6.45, 7) is 0. The van der Waals surface area contributed by atoms with Crippen molar-refractivity contribution in [1.82, 2.24) is 4.90 Å². The van der Waals surface area contributed by atoms with Crippen molar-refractivity contribution in [2.45, 2.75) is 18.9 Å². The van der Waals surface area contributed by atoms with Gasteiger partial charge in [0.05, 0.1) is 22.2 Å². The fraction of sp³-hybridized carbons (Fsp3) is 0.222. The van der Waals surface area contributed by atoms with E-state index in [2.05, 4.69) is 0 Å². The molecule has 0 bridgehead atoms. The zero-order chi connectivity index (χ0) is 17.4. The lowest BCUT2D eigenvalue weighted by atomic mass is 10.0. The molecule has 1 amide bonds. The molecule has 0 spiro atoms. The number of carbonyl (C=O) groups excluding carboxylic acids is 1. The highest BCUT2D eigenvalue weighted by atomic mass is 35.5. The molecule has 0 saturated heterocycles. The summed E-state index contributed by atoms with van der Waals surface area (Å²) in [5.74, 6) is -2.21. The van der Waals surface area contributed by atoms with Gasteiger partial charge in [-0.3, -0.25) is 4.79 Å². The highest BCUT2D eigenvalue weighted by Gasteiger charge is 2.31. The monoisotopic (exact) mass is 347 g/mol. The zero-order valence-corrected chi connectivity index (χ0v) is 13.7. The third kappa shape index (κ3) is 2.76. The molecule has 24 heavy (non-hydrogen) atoms. The minimum absolute atomic E-state index is 0.0596. The Hall–Kier alpha value is -2.40. The Labute approximate surface area is 143 Å². The van der Waals surface area contributed by atoms with Crippen molar-refractivity contribution in [3.05, 3.63) is 69.5 Å². The van der Waals surface area contributed by atoms with E-state index < -0.39 is 17.7 Å². The molecule has 0 fully saturated rings. The van der Waals surface area contributed by atoms with Crippen LogP contribution in [-0.2, 0) is 6.42 Å². The molecule has 124 valence electrons. The number of carboxylic acid groups (broad SMARTS) is 1. The molecule has 0 saturated carbocycles. The summed E-state index contributed by atoms with van der Waals surface area (Å²) in [4.78, 5) is 25.3. The van der Waals surface area contributed by atoms with Crippen molar-refractivity contribution < 1.29 is 19.1 Å². The van der Waals surface area contributed by atoms with Crippen LogP contribution in [0.1, 0.15) is 44.3 Å². The second kappa shape index (κ2) is 6.24. The van der Waals surface area contributed by atoms with Gasteiger partial charge in [-0.1, -0.05) is 23.7 Å². The van der Waals surface area contributed by atoms with Crippen LogP contribution in [0.5, 0.6) is 0 Å². The van der Waals surface area contributed by atoms with Crippen LogP contribution in [0.15, 0.2) is 36.4 Å². The van der Waals surface area contributed by atoms with Gasteiger partial charge in [0, 0.05) is 7.05 Å². The van der Waals surface area contributed by atoms with E-state index in [0.29, 0.717) is 6.42 Å². The van der Waals surface area contributed by atoms with Crippen LogP contribution in [0.25, 0.3) is 0 Å². The van der Waals surface area contributed by atoms with Crippen LogP contribution in [0.4, 0.5) is 4.39 Å². The Morgan fingerprint density at radius 3 is 2.71 bits per heavy atom. The number of hydrogen-bond acceptors (Lipinski definition) is 2. The molecule has 1 aliphatic carbocycles. The normalized spacial score (nSPS) is 15.9. The van der Waals surface area contributed by atoms with Gasteiger partial charge >= 0.3 is 5.97 Å². The van der Waals surface area contributed by atoms with E-state index in [1.807, 2.05) is 0 Å². The summed E-state index contributed by atoms with van der Waals surface area (Å²) in [6.07, 6.45) is 1.40. The molecule has 3 rings (SSSR count). The SMILES string of the molecule is CN(C(=O)c1c(F)cccc1Cl)C1CCc2ccc(C(=O)O)cc21. The molecule has 0 aromatic heterocycles. The molecule has 1 unspecified atom stereocenters. The maximum Gasteiger partial charge on any atom is 0.335 e. The van der Waals surface area contributed by atoms with Crippen molar-refractivity contribution >= 4 is 23.5 Å². The fourth-order valence-electron chi connectivity index (χ4n) is 3.14. The Bertz CT molecular complexity index is 817. The third-order valence-electron chi connectivity index (χ3n) is 4.40. The van der Waals surface area contributed by atoms with Crippen LogP contribution in [-0.4, -0.2) is 28.9 Å². The molecule has 0 aliphatic heterocycles. The summed E-state index contributed by atoms with van der Waals surface area (Å²) >= 11 is 5.98. The van der Waals surface area contributed by atoms with Gasteiger partial charge in [-0.2, -0.15) is 0 Å². The molecule has 2 aromatic carbocycles. The fourth-order valence-corrected chi connectivity index (χ4v) is 3.38. The van der Waals surface area contributed by atoms with Crippen LogP contribution < -0.4 is 0 Å². The predicted molar refractivity (Wildman–Crippen MR) is 88.0 cm³/mol. The number of aromatic carboxylic acids is 1. The number of benzene rings is 2. The predicted octanol–water partition coefficient (Wildman–Crippen LogP) is 3.94. The minimum Gasteiger partial charge on any atom is -0.478 e. The molecule has 4 nitrogen and oxygen atoms in total. The average molecular weight is 348 g/mol. The number of carbonyl (C=O) groups is 2. The first-order valence-electron chi connectivity index (χ1n) is 7.47. The summed E-state index contributed by atoms with van der Waals surface area (Å²) < 4.78 is 14.0. The Morgan fingerprint density at radius 2 is 2.04 bits per heavy atom. The van der Waals surface area contributed by atoms with Crippen LogP contribution in [0, 0.1) is 5.82 Å². The quantitative estimate of drug-likeness (QED) is 0.915. The molecule has 0 radical (unpaired) electrons. The number of carboxylic acids is 1. The maximum absolute atomic E-state index is 14.0. The van der Waals surface area contributed by atoms with E-state index in [0.717, 1.165) is 17.5 Å². The van der Waals surface area contributed by atoms with Gasteiger partial charge in [-0.15, -0.1) is 0 Å². The molecule has 6 heteroatoms. The van der Waals surface area contributed by atoms with Crippen molar-refractivity contribution in [3.8, 4) is 0 Å². The maximum atomic E-state index is 14.0. The van der Waals surface area contributed by atoms with Gasteiger partial charge in [0.1, 0.15) is 5.82 Å². The van der Waals surface area contributed by atoms with Gasteiger partial charge in [-0.25, -0.2) is 9.18 Å². The highest BCUT2D eigenvalue weighted by molar-refractivity contribution is 6.33. The van der Waals surface area contributed by atoms with Crippen molar-refractivity contribution in [3.63, 3.8) is 0 Å². The standard InChI is InChI=1S/C18H15ClFNO3/c1-21(17(22)16-13(19)3-2-4-14(16)20)15-8-7-10-5-6-11(18(23)24)9-12(10)15/h2-6,9,15H,7-8H2,1H3,(H,23,24). The Balaban J connectivity index is 1.96. The molecular formula is C18H15ClFNO3. The largest absolute Gasteiger partial charge is 0.478 e. The summed E-state index contributed by atoms with van der Waals surface area (Å²) in [5.41, 5.74) is 1.80. The molecule has 1 N–H and O–H groups in total. The lowest BCUT2D eigenvalue weighted by molar-refractivity contribution is 0.0696. The number of aryl methyl sites for hydroxylation is 1. The van der Waals surface area contributed by atoms with E-state index >= 15 is 0 Å². The van der Waals surface area contributed by atoms with Gasteiger partial charge in [-0.05, 0) is 48.2 Å². The van der Waals surface area contributed by atoms with E-state index in [9.17, 15) is 14.0 Å². The number of hydrogen-bond donors (Lipinski definition) is 1. The van der Waals surface area contributed by atoms with Crippen LogP contribution in [0.2, 0.25) is 5.02 Å². The van der Waals surface area contributed by atoms with Gasteiger partial charge < -0.3 is 10.0 Å². The van der Waals surface area contributed by atoms with Crippen molar-refractivity contribution in [1.29, 1.82) is 0 Å². The van der Waals surface area contributed by atoms with Crippen molar-refractivity contribution in [2.75, 3.05) is 7.05 Å².